The topological polar surface area (TPSA) is 41.1 Å². The van der Waals surface area contributed by atoms with Crippen molar-refractivity contribution in [2.24, 2.45) is 5.92 Å². The normalized spacial score (nSPS) is 12.1. The standard InChI is InChI=1S/C11H24N2O.ClH/c1-9(2)5-6-10(3)13-11(14)7-8-12-4;/h9-10,12H,5-8H2,1-4H3,(H,13,14);1H. The van der Waals surface area contributed by atoms with E-state index in [0.29, 0.717) is 18.4 Å². The maximum atomic E-state index is 11.3. The highest BCUT2D eigenvalue weighted by Crippen LogP contribution is 2.06. The summed E-state index contributed by atoms with van der Waals surface area (Å²) in [6.45, 7) is 7.23. The van der Waals surface area contributed by atoms with E-state index < -0.39 is 0 Å². The lowest BCUT2D eigenvalue weighted by Gasteiger charge is -2.14. The van der Waals surface area contributed by atoms with Gasteiger partial charge in [0.15, 0.2) is 0 Å². The molecule has 0 spiro atoms. The molecule has 0 rings (SSSR count). The van der Waals surface area contributed by atoms with Crippen molar-refractivity contribution in [3.05, 3.63) is 0 Å². The van der Waals surface area contributed by atoms with Gasteiger partial charge in [0, 0.05) is 19.0 Å². The number of nitrogens with one attached hydrogen (secondary N) is 2. The van der Waals surface area contributed by atoms with Crippen molar-refractivity contribution in [1.82, 2.24) is 10.6 Å². The Morgan fingerprint density at radius 1 is 1.20 bits per heavy atom. The van der Waals surface area contributed by atoms with E-state index in [9.17, 15) is 4.79 Å². The second-order valence-corrected chi connectivity index (χ2v) is 4.29. The molecule has 0 aliphatic rings. The zero-order valence-electron chi connectivity index (χ0n) is 10.3. The maximum Gasteiger partial charge on any atom is 0.221 e. The van der Waals surface area contributed by atoms with Gasteiger partial charge >= 0.3 is 0 Å². The van der Waals surface area contributed by atoms with E-state index in [1.165, 1.54) is 6.42 Å². The van der Waals surface area contributed by atoms with Crippen LogP contribution in [0.5, 0.6) is 0 Å². The third kappa shape index (κ3) is 11.6. The fraction of sp³-hybridized carbons (Fsp3) is 0.909. The van der Waals surface area contributed by atoms with Gasteiger partial charge in [-0.3, -0.25) is 4.79 Å². The van der Waals surface area contributed by atoms with Crippen LogP contribution in [0.4, 0.5) is 0 Å². The molecule has 0 aromatic carbocycles. The zero-order valence-corrected chi connectivity index (χ0v) is 11.1. The predicted molar refractivity (Wildman–Crippen MR) is 67.5 cm³/mol. The van der Waals surface area contributed by atoms with E-state index in [1.807, 2.05) is 7.05 Å². The first-order chi connectivity index (χ1) is 6.56. The Labute approximate surface area is 99.8 Å². The highest BCUT2D eigenvalue weighted by atomic mass is 35.5. The number of rotatable bonds is 7. The van der Waals surface area contributed by atoms with Gasteiger partial charge in [0.1, 0.15) is 0 Å². The molecule has 3 nitrogen and oxygen atoms in total. The Balaban J connectivity index is 0. The lowest BCUT2D eigenvalue weighted by molar-refractivity contribution is -0.121. The molecule has 0 heterocycles. The second kappa shape index (κ2) is 10.2. The van der Waals surface area contributed by atoms with Gasteiger partial charge in [-0.1, -0.05) is 13.8 Å². The van der Waals surface area contributed by atoms with Gasteiger partial charge < -0.3 is 10.6 Å². The van der Waals surface area contributed by atoms with Gasteiger partial charge in [-0.2, -0.15) is 0 Å². The van der Waals surface area contributed by atoms with Crippen molar-refractivity contribution in [3.63, 3.8) is 0 Å². The number of hydrogen-bond acceptors (Lipinski definition) is 2. The number of carbonyl (C=O) groups is 1. The molecule has 0 bridgehead atoms. The highest BCUT2D eigenvalue weighted by molar-refractivity contribution is 5.85. The Bertz CT molecular complexity index is 163. The lowest BCUT2D eigenvalue weighted by atomic mass is 10.0. The third-order valence-corrected chi connectivity index (χ3v) is 2.19. The molecule has 0 fully saturated rings. The number of hydrogen-bond donors (Lipinski definition) is 2. The molecule has 0 radical (unpaired) electrons. The first-order valence-corrected chi connectivity index (χ1v) is 5.50. The highest BCUT2D eigenvalue weighted by Gasteiger charge is 2.07. The van der Waals surface area contributed by atoms with Crippen molar-refractivity contribution < 1.29 is 4.79 Å². The lowest BCUT2D eigenvalue weighted by Crippen LogP contribution is -2.34. The minimum atomic E-state index is 0. The Morgan fingerprint density at radius 3 is 2.27 bits per heavy atom. The van der Waals surface area contributed by atoms with Gasteiger partial charge in [0.25, 0.3) is 0 Å². The minimum absolute atomic E-state index is 0. The molecule has 2 N–H and O–H groups in total. The van der Waals surface area contributed by atoms with Crippen LogP contribution in [-0.2, 0) is 4.79 Å². The van der Waals surface area contributed by atoms with Gasteiger partial charge in [0.05, 0.1) is 0 Å². The van der Waals surface area contributed by atoms with Crippen LogP contribution >= 0.6 is 12.4 Å². The average Bonchev–Trinajstić information content (AvgIpc) is 2.11. The quantitative estimate of drug-likeness (QED) is 0.710. The maximum absolute atomic E-state index is 11.3. The molecule has 92 valence electrons. The summed E-state index contributed by atoms with van der Waals surface area (Å²) < 4.78 is 0. The van der Waals surface area contributed by atoms with Crippen molar-refractivity contribution in [2.75, 3.05) is 13.6 Å². The van der Waals surface area contributed by atoms with Crippen molar-refractivity contribution >= 4 is 18.3 Å². The largest absolute Gasteiger partial charge is 0.354 e. The molecule has 0 saturated heterocycles. The van der Waals surface area contributed by atoms with Crippen LogP contribution in [0, 0.1) is 5.92 Å². The van der Waals surface area contributed by atoms with Gasteiger partial charge in [-0.15, -0.1) is 12.4 Å². The zero-order chi connectivity index (χ0) is 11.0. The summed E-state index contributed by atoms with van der Waals surface area (Å²) in [5.41, 5.74) is 0. The summed E-state index contributed by atoms with van der Waals surface area (Å²) in [4.78, 5) is 11.3. The third-order valence-electron chi connectivity index (χ3n) is 2.19. The average molecular weight is 237 g/mol. The van der Waals surface area contributed by atoms with E-state index in [4.69, 9.17) is 0 Å². The molecular weight excluding hydrogens is 212 g/mol. The molecule has 0 aromatic rings. The van der Waals surface area contributed by atoms with E-state index >= 15 is 0 Å². The van der Waals surface area contributed by atoms with Crippen molar-refractivity contribution in [3.8, 4) is 0 Å². The van der Waals surface area contributed by atoms with E-state index in [-0.39, 0.29) is 18.3 Å². The number of carbonyl (C=O) groups excluding carboxylic acids is 1. The Morgan fingerprint density at radius 2 is 1.80 bits per heavy atom. The van der Waals surface area contributed by atoms with Crippen LogP contribution in [0.2, 0.25) is 0 Å². The van der Waals surface area contributed by atoms with Crippen LogP contribution in [0.25, 0.3) is 0 Å². The Hall–Kier alpha value is -0.280. The molecule has 0 aliphatic carbocycles. The summed E-state index contributed by atoms with van der Waals surface area (Å²) in [5, 5.41) is 5.95. The van der Waals surface area contributed by atoms with E-state index in [1.54, 1.807) is 0 Å². The summed E-state index contributed by atoms with van der Waals surface area (Å²) in [7, 11) is 1.86. The summed E-state index contributed by atoms with van der Waals surface area (Å²) in [6.07, 6.45) is 2.82. The van der Waals surface area contributed by atoms with Crippen molar-refractivity contribution in [1.29, 1.82) is 0 Å². The molecule has 15 heavy (non-hydrogen) atoms. The molecule has 0 saturated carbocycles. The first-order valence-electron chi connectivity index (χ1n) is 5.50. The SMILES string of the molecule is CNCCC(=O)NC(C)CCC(C)C.Cl. The first kappa shape index (κ1) is 17.1. The Kier molecular flexibility index (Phi) is 11.7. The fourth-order valence-corrected chi connectivity index (χ4v) is 1.24. The summed E-state index contributed by atoms with van der Waals surface area (Å²) in [6, 6.07) is 0.307. The summed E-state index contributed by atoms with van der Waals surface area (Å²) >= 11 is 0. The molecule has 1 amide bonds. The number of amides is 1. The van der Waals surface area contributed by atoms with Crippen LogP contribution in [0.15, 0.2) is 0 Å². The molecule has 0 aliphatic heterocycles. The van der Waals surface area contributed by atoms with Crippen molar-refractivity contribution in [2.45, 2.75) is 46.1 Å². The monoisotopic (exact) mass is 236 g/mol. The van der Waals surface area contributed by atoms with E-state index in [2.05, 4.69) is 31.4 Å². The van der Waals surface area contributed by atoms with Gasteiger partial charge in [-0.05, 0) is 32.7 Å². The second-order valence-electron chi connectivity index (χ2n) is 4.29. The minimum Gasteiger partial charge on any atom is -0.354 e. The number of halogens is 1. The smallest absolute Gasteiger partial charge is 0.221 e. The molecular formula is C11H25ClN2O. The molecule has 1 atom stereocenters. The molecule has 4 heteroatoms. The van der Waals surface area contributed by atoms with Crippen LogP contribution in [-0.4, -0.2) is 25.5 Å². The fourth-order valence-electron chi connectivity index (χ4n) is 1.24. The van der Waals surface area contributed by atoms with E-state index in [0.717, 1.165) is 13.0 Å². The van der Waals surface area contributed by atoms with Crippen LogP contribution in [0.3, 0.4) is 0 Å². The summed E-state index contributed by atoms with van der Waals surface area (Å²) in [5.74, 6) is 0.863. The van der Waals surface area contributed by atoms with Crippen LogP contribution < -0.4 is 10.6 Å². The van der Waals surface area contributed by atoms with Crippen LogP contribution in [0.1, 0.15) is 40.0 Å². The predicted octanol–water partition coefficient (Wildman–Crippen LogP) is 1.96. The molecule has 1 unspecified atom stereocenters. The molecule has 0 aromatic heterocycles. The van der Waals surface area contributed by atoms with Gasteiger partial charge in [-0.25, -0.2) is 0 Å². The van der Waals surface area contributed by atoms with Gasteiger partial charge in [0.2, 0.25) is 5.91 Å².